The van der Waals surface area contributed by atoms with E-state index in [0.717, 1.165) is 38.4 Å². The number of hydrogen-bond acceptors (Lipinski definition) is 5. The van der Waals surface area contributed by atoms with Gasteiger partial charge in [-0.15, -0.1) is 0 Å². The number of piperazine rings is 1. The molecule has 2 aliphatic rings. The molecule has 0 amide bonds. The second-order valence-electron chi connectivity index (χ2n) is 5.98. The minimum atomic E-state index is -0.314. The minimum Gasteiger partial charge on any atom is -0.366 e. The van der Waals surface area contributed by atoms with Crippen molar-refractivity contribution in [1.29, 1.82) is 0 Å². The van der Waals surface area contributed by atoms with Gasteiger partial charge in [-0.25, -0.2) is 5.10 Å². The summed E-state index contributed by atoms with van der Waals surface area (Å²) >= 11 is 6.09. The van der Waals surface area contributed by atoms with E-state index >= 15 is 0 Å². The predicted molar refractivity (Wildman–Crippen MR) is 84.2 cm³/mol. The molecule has 0 aliphatic carbocycles. The molecule has 1 aromatic rings. The summed E-state index contributed by atoms with van der Waals surface area (Å²) in [6, 6.07) is 0.665. The molecule has 0 aromatic carbocycles. The summed E-state index contributed by atoms with van der Waals surface area (Å²) in [6.45, 7) is 6.19. The van der Waals surface area contributed by atoms with Crippen LogP contribution in [-0.2, 0) is 0 Å². The molecule has 1 atom stereocenters. The summed E-state index contributed by atoms with van der Waals surface area (Å²) in [7, 11) is 2.20. The minimum absolute atomic E-state index is 0.246. The topological polar surface area (TPSA) is 55.5 Å². The Morgan fingerprint density at radius 2 is 2.05 bits per heavy atom. The number of anilines is 1. The van der Waals surface area contributed by atoms with Crippen molar-refractivity contribution in [1.82, 2.24) is 20.0 Å². The molecule has 0 spiro atoms. The Hall–Kier alpha value is -1.11. The Labute approximate surface area is 129 Å². The van der Waals surface area contributed by atoms with Gasteiger partial charge >= 0.3 is 0 Å². The number of piperidine rings is 1. The molecule has 2 saturated heterocycles. The van der Waals surface area contributed by atoms with Crippen molar-refractivity contribution in [3.05, 3.63) is 21.6 Å². The Morgan fingerprint density at radius 3 is 2.76 bits per heavy atom. The lowest BCUT2D eigenvalue weighted by molar-refractivity contribution is 0.106. The molecule has 6 nitrogen and oxygen atoms in total. The van der Waals surface area contributed by atoms with E-state index in [1.807, 2.05) is 0 Å². The highest BCUT2D eigenvalue weighted by molar-refractivity contribution is 6.32. The van der Waals surface area contributed by atoms with Gasteiger partial charge in [0.15, 0.2) is 0 Å². The first-order chi connectivity index (χ1) is 10.1. The Balaban J connectivity index is 1.62. The Bertz CT molecular complexity index is 540. The zero-order valence-corrected chi connectivity index (χ0v) is 13.1. The third-order valence-corrected chi connectivity index (χ3v) is 4.91. The van der Waals surface area contributed by atoms with Gasteiger partial charge in [-0.3, -0.25) is 9.69 Å². The highest BCUT2D eigenvalue weighted by Gasteiger charge is 2.27. The summed E-state index contributed by atoms with van der Waals surface area (Å²) in [4.78, 5) is 18.7. The lowest BCUT2D eigenvalue weighted by atomic mass is 10.0. The van der Waals surface area contributed by atoms with Crippen LogP contribution in [0.4, 0.5) is 5.69 Å². The third-order valence-electron chi connectivity index (χ3n) is 4.55. The van der Waals surface area contributed by atoms with Crippen molar-refractivity contribution in [2.24, 2.45) is 0 Å². The van der Waals surface area contributed by atoms with Crippen molar-refractivity contribution in [3.8, 4) is 0 Å². The Morgan fingerprint density at radius 1 is 1.29 bits per heavy atom. The fourth-order valence-electron chi connectivity index (χ4n) is 3.36. The number of halogens is 1. The molecule has 1 N–H and O–H groups in total. The maximum Gasteiger partial charge on any atom is 0.285 e. The van der Waals surface area contributed by atoms with E-state index in [1.165, 1.54) is 19.4 Å². The van der Waals surface area contributed by atoms with Gasteiger partial charge in [0, 0.05) is 38.8 Å². The summed E-state index contributed by atoms with van der Waals surface area (Å²) in [5, 5.41) is 6.47. The molecule has 1 aromatic heterocycles. The van der Waals surface area contributed by atoms with E-state index in [2.05, 4.69) is 31.9 Å². The van der Waals surface area contributed by atoms with Crippen LogP contribution in [0.25, 0.3) is 0 Å². The van der Waals surface area contributed by atoms with Crippen LogP contribution in [0.15, 0.2) is 11.0 Å². The summed E-state index contributed by atoms with van der Waals surface area (Å²) in [6.07, 6.45) is 4.22. The molecule has 2 aliphatic heterocycles. The third kappa shape index (κ3) is 3.22. The van der Waals surface area contributed by atoms with Crippen LogP contribution >= 0.6 is 11.6 Å². The van der Waals surface area contributed by atoms with Gasteiger partial charge in [-0.05, 0) is 26.4 Å². The molecule has 0 saturated carbocycles. The van der Waals surface area contributed by atoms with Crippen molar-refractivity contribution in [3.63, 3.8) is 0 Å². The molecular weight excluding hydrogens is 290 g/mol. The number of aromatic amines is 1. The SMILES string of the molecule is CN1CCCC(N2CCN(c3cn[nH]c(=O)c3Cl)CC2)C1. The molecule has 21 heavy (non-hydrogen) atoms. The second kappa shape index (κ2) is 6.34. The summed E-state index contributed by atoms with van der Waals surface area (Å²) < 4.78 is 0. The van der Waals surface area contributed by atoms with Gasteiger partial charge in [-0.1, -0.05) is 11.6 Å². The largest absolute Gasteiger partial charge is 0.366 e. The predicted octanol–water partition coefficient (Wildman–Crippen LogP) is 0.639. The monoisotopic (exact) mass is 311 g/mol. The quantitative estimate of drug-likeness (QED) is 0.869. The molecule has 7 heteroatoms. The van der Waals surface area contributed by atoms with E-state index in [0.29, 0.717) is 6.04 Å². The number of rotatable bonds is 2. The van der Waals surface area contributed by atoms with Crippen LogP contribution in [0.5, 0.6) is 0 Å². The van der Waals surface area contributed by atoms with Gasteiger partial charge in [-0.2, -0.15) is 5.10 Å². The fraction of sp³-hybridized carbons (Fsp3) is 0.714. The normalized spacial score (nSPS) is 25.2. The van der Waals surface area contributed by atoms with Crippen LogP contribution in [0, 0.1) is 0 Å². The lowest BCUT2D eigenvalue weighted by Gasteiger charge is -2.43. The molecule has 2 fully saturated rings. The van der Waals surface area contributed by atoms with Crippen LogP contribution in [0.1, 0.15) is 12.8 Å². The first-order valence-corrected chi connectivity index (χ1v) is 7.93. The molecule has 3 heterocycles. The van der Waals surface area contributed by atoms with Crippen LogP contribution in [0.3, 0.4) is 0 Å². The van der Waals surface area contributed by atoms with Gasteiger partial charge in [0.1, 0.15) is 5.02 Å². The van der Waals surface area contributed by atoms with Gasteiger partial charge in [0.05, 0.1) is 11.9 Å². The molecule has 0 bridgehead atoms. The highest BCUT2D eigenvalue weighted by atomic mass is 35.5. The van der Waals surface area contributed by atoms with Gasteiger partial charge in [0.25, 0.3) is 5.56 Å². The molecule has 3 rings (SSSR count). The van der Waals surface area contributed by atoms with E-state index in [1.54, 1.807) is 6.20 Å². The van der Waals surface area contributed by atoms with E-state index in [4.69, 9.17) is 11.6 Å². The lowest BCUT2D eigenvalue weighted by Crippen LogP contribution is -2.54. The first-order valence-electron chi connectivity index (χ1n) is 7.56. The van der Waals surface area contributed by atoms with Crippen molar-refractivity contribution >= 4 is 17.3 Å². The summed E-state index contributed by atoms with van der Waals surface area (Å²) in [5.74, 6) is 0. The smallest absolute Gasteiger partial charge is 0.285 e. The zero-order chi connectivity index (χ0) is 14.8. The number of hydrogen-bond donors (Lipinski definition) is 1. The molecule has 0 radical (unpaired) electrons. The molecule has 1 unspecified atom stereocenters. The molecular formula is C14H22ClN5O. The average Bonchev–Trinajstić information content (AvgIpc) is 2.50. The standard InChI is InChI=1S/C14H22ClN5O/c1-18-4-2-3-11(10-18)19-5-7-20(8-6-19)12-9-16-17-14(21)13(12)15/h9,11H,2-8,10H2,1H3,(H,17,21). The van der Waals surface area contributed by atoms with Crippen molar-refractivity contribution in [2.75, 3.05) is 51.2 Å². The van der Waals surface area contributed by atoms with Crippen molar-refractivity contribution < 1.29 is 0 Å². The number of nitrogens with zero attached hydrogens (tertiary/aromatic N) is 4. The van der Waals surface area contributed by atoms with E-state index < -0.39 is 0 Å². The number of likely N-dealkylation sites (tertiary alicyclic amines) is 1. The fourth-order valence-corrected chi connectivity index (χ4v) is 3.57. The van der Waals surface area contributed by atoms with E-state index in [9.17, 15) is 4.79 Å². The maximum atomic E-state index is 11.5. The maximum absolute atomic E-state index is 11.5. The number of nitrogens with one attached hydrogen (secondary N) is 1. The van der Waals surface area contributed by atoms with Crippen LogP contribution in [-0.4, -0.2) is 72.4 Å². The second-order valence-corrected chi connectivity index (χ2v) is 6.36. The van der Waals surface area contributed by atoms with Crippen molar-refractivity contribution in [2.45, 2.75) is 18.9 Å². The first kappa shape index (κ1) is 14.8. The number of H-pyrrole nitrogens is 1. The zero-order valence-electron chi connectivity index (χ0n) is 12.4. The molecule has 116 valence electrons. The van der Waals surface area contributed by atoms with Gasteiger partial charge in [0.2, 0.25) is 0 Å². The van der Waals surface area contributed by atoms with Gasteiger partial charge < -0.3 is 9.80 Å². The number of likely N-dealkylation sites (N-methyl/N-ethyl adjacent to an activating group) is 1. The Kier molecular flexibility index (Phi) is 4.47. The van der Waals surface area contributed by atoms with Crippen LogP contribution < -0.4 is 10.5 Å². The van der Waals surface area contributed by atoms with E-state index in [-0.39, 0.29) is 10.6 Å². The number of aromatic nitrogens is 2. The highest BCUT2D eigenvalue weighted by Crippen LogP contribution is 2.23. The average molecular weight is 312 g/mol. The van der Waals surface area contributed by atoms with Crippen LogP contribution in [0.2, 0.25) is 5.02 Å². The summed E-state index contributed by atoms with van der Waals surface area (Å²) in [5.41, 5.74) is 0.436.